The van der Waals surface area contributed by atoms with E-state index in [9.17, 15) is 4.79 Å². The molecule has 1 atom stereocenters. The molecule has 5 nitrogen and oxygen atoms in total. The largest absolute Gasteiger partial charge is 0.496 e. The van der Waals surface area contributed by atoms with Crippen molar-refractivity contribution in [3.05, 3.63) is 47.5 Å². The van der Waals surface area contributed by atoms with E-state index in [0.717, 1.165) is 0 Å². The Hall–Kier alpha value is -2.69. The van der Waals surface area contributed by atoms with E-state index >= 15 is 0 Å². The smallest absolute Gasteiger partial charge is 0.177 e. The highest BCUT2D eigenvalue weighted by atomic mass is 16.5. The first-order valence-corrected chi connectivity index (χ1v) is 7.25. The number of benzene rings is 2. The van der Waals surface area contributed by atoms with Crippen LogP contribution in [-0.2, 0) is 0 Å². The van der Waals surface area contributed by atoms with Gasteiger partial charge in [-0.25, -0.2) is 0 Å². The zero-order valence-electron chi connectivity index (χ0n) is 13.3. The molecule has 0 unspecified atom stereocenters. The van der Waals surface area contributed by atoms with Crippen LogP contribution in [0, 0.1) is 0 Å². The van der Waals surface area contributed by atoms with Gasteiger partial charge in [0.2, 0.25) is 0 Å². The van der Waals surface area contributed by atoms with E-state index in [1.807, 2.05) is 12.1 Å². The molecule has 0 aliphatic carbocycles. The van der Waals surface area contributed by atoms with Gasteiger partial charge in [-0.3, -0.25) is 4.79 Å². The van der Waals surface area contributed by atoms with Crippen molar-refractivity contribution in [1.29, 1.82) is 0 Å². The fourth-order valence-corrected chi connectivity index (χ4v) is 2.82. The van der Waals surface area contributed by atoms with E-state index in [1.165, 1.54) is 0 Å². The molecule has 0 N–H and O–H groups in total. The average Bonchev–Trinajstić information content (AvgIpc) is 2.61. The minimum absolute atomic E-state index is 0.00591. The molecular formula is C18H18O5. The number of rotatable bonds is 4. The van der Waals surface area contributed by atoms with Crippen LogP contribution in [0.1, 0.15) is 21.8 Å². The minimum atomic E-state index is -0.485. The Labute approximate surface area is 134 Å². The molecule has 2 aromatic carbocycles. The second-order valence-corrected chi connectivity index (χ2v) is 5.17. The summed E-state index contributed by atoms with van der Waals surface area (Å²) in [5.41, 5.74) is 1.25. The van der Waals surface area contributed by atoms with Crippen molar-refractivity contribution in [2.45, 2.75) is 5.92 Å². The Morgan fingerprint density at radius 3 is 2.26 bits per heavy atom. The second-order valence-electron chi connectivity index (χ2n) is 5.17. The summed E-state index contributed by atoms with van der Waals surface area (Å²) >= 11 is 0. The normalized spacial score (nSPS) is 16.3. The highest BCUT2D eigenvalue weighted by Gasteiger charge is 2.34. The molecule has 0 saturated carbocycles. The summed E-state index contributed by atoms with van der Waals surface area (Å²) in [5, 5.41) is 0. The molecule has 2 aromatic rings. The Morgan fingerprint density at radius 1 is 1.00 bits per heavy atom. The van der Waals surface area contributed by atoms with Gasteiger partial charge in [0.05, 0.1) is 38.4 Å². The third-order valence-electron chi connectivity index (χ3n) is 3.98. The standard InChI is InChI=1S/C18H18O5/c1-20-11-8-15(21-2)17(16(9-11)22-3)13-10-23-14-7-5-4-6-12(14)18(13)19/h4-9,13H,10H2,1-3H3/t13-/m0/s1. The van der Waals surface area contributed by atoms with Gasteiger partial charge in [-0.1, -0.05) is 12.1 Å². The Morgan fingerprint density at radius 2 is 1.65 bits per heavy atom. The number of carbonyl (C=O) groups excluding carboxylic acids is 1. The molecule has 0 saturated heterocycles. The number of carbonyl (C=O) groups is 1. The molecule has 1 aliphatic heterocycles. The van der Waals surface area contributed by atoms with Crippen LogP contribution in [0.25, 0.3) is 0 Å². The van der Waals surface area contributed by atoms with Crippen LogP contribution in [0.3, 0.4) is 0 Å². The third kappa shape index (κ3) is 2.59. The number of para-hydroxylation sites is 1. The summed E-state index contributed by atoms with van der Waals surface area (Å²) < 4.78 is 21.9. The Balaban J connectivity index is 2.10. The number of ketones is 1. The highest BCUT2D eigenvalue weighted by molar-refractivity contribution is 6.04. The maximum atomic E-state index is 12.9. The Kier molecular flexibility index (Phi) is 4.10. The van der Waals surface area contributed by atoms with Crippen LogP contribution >= 0.6 is 0 Å². The average molecular weight is 314 g/mol. The van der Waals surface area contributed by atoms with E-state index in [2.05, 4.69) is 0 Å². The van der Waals surface area contributed by atoms with Gasteiger partial charge in [0.25, 0.3) is 0 Å². The van der Waals surface area contributed by atoms with E-state index in [-0.39, 0.29) is 12.4 Å². The molecule has 0 radical (unpaired) electrons. The molecule has 120 valence electrons. The van der Waals surface area contributed by atoms with Crippen LogP contribution < -0.4 is 18.9 Å². The van der Waals surface area contributed by atoms with E-state index in [1.54, 1.807) is 45.6 Å². The van der Waals surface area contributed by atoms with Gasteiger partial charge >= 0.3 is 0 Å². The van der Waals surface area contributed by atoms with Crippen molar-refractivity contribution in [2.24, 2.45) is 0 Å². The van der Waals surface area contributed by atoms with Crippen molar-refractivity contribution in [3.8, 4) is 23.0 Å². The van der Waals surface area contributed by atoms with Gasteiger partial charge in [-0.15, -0.1) is 0 Å². The molecule has 3 rings (SSSR count). The predicted molar refractivity (Wildman–Crippen MR) is 85.1 cm³/mol. The maximum absolute atomic E-state index is 12.9. The van der Waals surface area contributed by atoms with Crippen LogP contribution in [-0.4, -0.2) is 33.7 Å². The number of hydrogen-bond donors (Lipinski definition) is 0. The van der Waals surface area contributed by atoms with E-state index in [0.29, 0.717) is 34.1 Å². The summed E-state index contributed by atoms with van der Waals surface area (Å²) in [6, 6.07) is 10.7. The quantitative estimate of drug-likeness (QED) is 0.868. The van der Waals surface area contributed by atoms with Gasteiger partial charge in [0.15, 0.2) is 5.78 Å². The molecular weight excluding hydrogens is 296 g/mol. The summed E-state index contributed by atoms with van der Waals surface area (Å²) in [6.45, 7) is 0.245. The topological polar surface area (TPSA) is 54.0 Å². The molecule has 0 aromatic heterocycles. The highest BCUT2D eigenvalue weighted by Crippen LogP contribution is 2.43. The number of hydrogen-bond acceptors (Lipinski definition) is 5. The van der Waals surface area contributed by atoms with Gasteiger partial charge in [0.1, 0.15) is 29.6 Å². The first-order chi connectivity index (χ1) is 11.2. The Bertz CT molecular complexity index is 713. The fraction of sp³-hybridized carbons (Fsp3) is 0.278. The number of ether oxygens (including phenoxy) is 4. The van der Waals surface area contributed by atoms with Crippen molar-refractivity contribution < 1.29 is 23.7 Å². The first kappa shape index (κ1) is 15.2. The predicted octanol–water partition coefficient (Wildman–Crippen LogP) is 3.07. The number of Topliss-reactive ketones (excluding diaryl/α,β-unsaturated/α-hetero) is 1. The minimum Gasteiger partial charge on any atom is -0.496 e. The van der Waals surface area contributed by atoms with Gasteiger partial charge < -0.3 is 18.9 Å². The molecule has 23 heavy (non-hydrogen) atoms. The number of fused-ring (bicyclic) bond motifs is 1. The van der Waals surface area contributed by atoms with Gasteiger partial charge in [-0.2, -0.15) is 0 Å². The van der Waals surface area contributed by atoms with Gasteiger partial charge in [0, 0.05) is 12.1 Å². The van der Waals surface area contributed by atoms with Crippen molar-refractivity contribution in [3.63, 3.8) is 0 Å². The number of methoxy groups -OCH3 is 3. The van der Waals surface area contributed by atoms with E-state index in [4.69, 9.17) is 18.9 Å². The van der Waals surface area contributed by atoms with Crippen molar-refractivity contribution >= 4 is 5.78 Å². The summed E-state index contributed by atoms with van der Waals surface area (Å²) in [5.74, 6) is 1.81. The second kappa shape index (κ2) is 6.20. The van der Waals surface area contributed by atoms with Crippen molar-refractivity contribution in [2.75, 3.05) is 27.9 Å². The lowest BCUT2D eigenvalue weighted by atomic mass is 9.87. The van der Waals surface area contributed by atoms with Crippen molar-refractivity contribution in [1.82, 2.24) is 0 Å². The maximum Gasteiger partial charge on any atom is 0.177 e. The molecule has 0 spiro atoms. The zero-order chi connectivity index (χ0) is 16.4. The van der Waals surface area contributed by atoms with Crippen LogP contribution in [0.4, 0.5) is 0 Å². The van der Waals surface area contributed by atoms with Crippen LogP contribution in [0.2, 0.25) is 0 Å². The molecule has 5 heteroatoms. The third-order valence-corrected chi connectivity index (χ3v) is 3.98. The monoisotopic (exact) mass is 314 g/mol. The zero-order valence-corrected chi connectivity index (χ0v) is 13.3. The van der Waals surface area contributed by atoms with Gasteiger partial charge in [-0.05, 0) is 12.1 Å². The summed E-state index contributed by atoms with van der Waals surface area (Å²) in [4.78, 5) is 12.9. The molecule has 1 aliphatic rings. The summed E-state index contributed by atoms with van der Waals surface area (Å²) in [6.07, 6.45) is 0. The molecule has 1 heterocycles. The first-order valence-electron chi connectivity index (χ1n) is 7.25. The van der Waals surface area contributed by atoms with Crippen LogP contribution in [0.15, 0.2) is 36.4 Å². The summed E-state index contributed by atoms with van der Waals surface area (Å²) in [7, 11) is 4.68. The van der Waals surface area contributed by atoms with E-state index < -0.39 is 5.92 Å². The lowest BCUT2D eigenvalue weighted by Gasteiger charge is -2.27. The molecule has 0 fully saturated rings. The lowest BCUT2D eigenvalue weighted by molar-refractivity contribution is 0.0892. The molecule has 0 amide bonds. The van der Waals surface area contributed by atoms with Crippen LogP contribution in [0.5, 0.6) is 23.0 Å². The fourth-order valence-electron chi connectivity index (χ4n) is 2.82. The SMILES string of the molecule is COc1cc(OC)c([C@@H]2COc3ccccc3C2=O)c(OC)c1. The lowest BCUT2D eigenvalue weighted by Crippen LogP contribution is -2.26. The molecule has 0 bridgehead atoms.